The second kappa shape index (κ2) is 12.8. The van der Waals surface area contributed by atoms with Gasteiger partial charge < -0.3 is 31.9 Å². The molecule has 0 aliphatic carbocycles. The van der Waals surface area contributed by atoms with Gasteiger partial charge in [-0.25, -0.2) is 4.79 Å². The number of amides is 3. The molecule has 0 saturated carbocycles. The summed E-state index contributed by atoms with van der Waals surface area (Å²) in [7, 11) is 0. The van der Waals surface area contributed by atoms with E-state index in [-0.39, 0.29) is 24.0 Å². The fraction of sp³-hybridized carbons (Fsp3) is 0.565. The van der Waals surface area contributed by atoms with E-state index in [0.29, 0.717) is 12.0 Å². The van der Waals surface area contributed by atoms with Crippen molar-refractivity contribution in [1.82, 2.24) is 16.0 Å². The van der Waals surface area contributed by atoms with Crippen molar-refractivity contribution in [3.05, 3.63) is 29.8 Å². The molecule has 0 radical (unpaired) electrons. The smallest absolute Gasteiger partial charge is 0.326 e. The number of carbonyl (C=O) groups is 4. The Morgan fingerprint density at radius 1 is 0.879 bits per heavy atom. The van der Waals surface area contributed by atoms with Gasteiger partial charge in [-0.3, -0.25) is 14.4 Å². The minimum atomic E-state index is -1.23. The minimum Gasteiger partial charge on any atom is -0.508 e. The number of carbonyl (C=O) groups excluding carboxylic acids is 3. The number of hydrogen-bond donors (Lipinski definition) is 6. The Balaban J connectivity index is 2.79. The van der Waals surface area contributed by atoms with E-state index in [4.69, 9.17) is 5.73 Å². The van der Waals surface area contributed by atoms with Gasteiger partial charge in [0, 0.05) is 6.42 Å². The quantitative estimate of drug-likeness (QED) is 0.262. The first-order chi connectivity index (χ1) is 15.3. The van der Waals surface area contributed by atoms with E-state index in [0.717, 1.165) is 0 Å². The summed E-state index contributed by atoms with van der Waals surface area (Å²) in [6, 6.07) is 2.05. The summed E-state index contributed by atoms with van der Waals surface area (Å²) in [5.41, 5.74) is 6.45. The lowest BCUT2D eigenvalue weighted by Gasteiger charge is -2.26. The van der Waals surface area contributed by atoms with Crippen LogP contribution in [0, 0.1) is 11.8 Å². The van der Waals surface area contributed by atoms with Gasteiger partial charge in [0.25, 0.3) is 0 Å². The second-order valence-electron chi connectivity index (χ2n) is 8.97. The summed E-state index contributed by atoms with van der Waals surface area (Å²) in [6.07, 6.45) is 0.467. The molecule has 1 aromatic carbocycles. The SMILES string of the molecule is CC(C)CC(N)C(=O)NC(C)C(=O)NC(C(=O)NC(Cc1ccc(O)cc1)C(=O)O)C(C)C. The monoisotopic (exact) mass is 464 g/mol. The molecule has 3 amide bonds. The van der Waals surface area contributed by atoms with Crippen molar-refractivity contribution in [2.45, 2.75) is 71.6 Å². The number of carboxylic acid groups (broad SMARTS) is 1. The summed E-state index contributed by atoms with van der Waals surface area (Å²) in [5.74, 6) is -3.01. The number of nitrogens with two attached hydrogens (primary N) is 1. The Labute approximate surface area is 194 Å². The number of phenols is 1. The van der Waals surface area contributed by atoms with Gasteiger partial charge in [-0.1, -0.05) is 39.8 Å². The van der Waals surface area contributed by atoms with Crippen LogP contribution in [0.4, 0.5) is 0 Å². The van der Waals surface area contributed by atoms with Crippen molar-refractivity contribution in [3.63, 3.8) is 0 Å². The number of aliphatic carboxylic acids is 1. The molecule has 4 unspecified atom stereocenters. The van der Waals surface area contributed by atoms with Crippen molar-refractivity contribution in [2.75, 3.05) is 0 Å². The zero-order valence-corrected chi connectivity index (χ0v) is 19.8. The maximum atomic E-state index is 12.8. The highest BCUT2D eigenvalue weighted by atomic mass is 16.4. The van der Waals surface area contributed by atoms with Crippen molar-refractivity contribution < 1.29 is 29.4 Å². The van der Waals surface area contributed by atoms with Gasteiger partial charge in [0.05, 0.1) is 6.04 Å². The molecule has 4 atom stereocenters. The van der Waals surface area contributed by atoms with E-state index in [1.54, 1.807) is 26.0 Å². The molecule has 0 aliphatic rings. The van der Waals surface area contributed by atoms with Crippen molar-refractivity contribution in [3.8, 4) is 5.75 Å². The number of hydrogen-bond acceptors (Lipinski definition) is 6. The fourth-order valence-corrected chi connectivity index (χ4v) is 3.14. The predicted molar refractivity (Wildman–Crippen MR) is 123 cm³/mol. The van der Waals surface area contributed by atoms with Gasteiger partial charge in [0.1, 0.15) is 23.9 Å². The van der Waals surface area contributed by atoms with E-state index in [1.165, 1.54) is 19.1 Å². The number of rotatable bonds is 12. The van der Waals surface area contributed by atoms with E-state index in [1.807, 2.05) is 13.8 Å². The van der Waals surface area contributed by atoms with Crippen LogP contribution in [0.2, 0.25) is 0 Å². The van der Waals surface area contributed by atoms with E-state index >= 15 is 0 Å². The minimum absolute atomic E-state index is 0.000312. The second-order valence-corrected chi connectivity index (χ2v) is 8.97. The lowest BCUT2D eigenvalue weighted by molar-refractivity contribution is -0.142. The molecule has 0 fully saturated rings. The fourth-order valence-electron chi connectivity index (χ4n) is 3.14. The summed E-state index contributed by atoms with van der Waals surface area (Å²) < 4.78 is 0. The van der Waals surface area contributed by atoms with Gasteiger partial charge in [0.2, 0.25) is 17.7 Å². The number of benzene rings is 1. The molecule has 0 bridgehead atoms. The summed E-state index contributed by atoms with van der Waals surface area (Å²) >= 11 is 0. The zero-order valence-electron chi connectivity index (χ0n) is 19.8. The molecule has 0 aromatic heterocycles. The van der Waals surface area contributed by atoms with Crippen LogP contribution in [0.15, 0.2) is 24.3 Å². The molecule has 184 valence electrons. The van der Waals surface area contributed by atoms with Crippen molar-refractivity contribution >= 4 is 23.7 Å². The third-order valence-electron chi connectivity index (χ3n) is 5.05. The van der Waals surface area contributed by atoms with Gasteiger partial charge in [-0.05, 0) is 42.9 Å². The molecule has 10 nitrogen and oxygen atoms in total. The molecular weight excluding hydrogens is 428 g/mol. The topological polar surface area (TPSA) is 171 Å². The van der Waals surface area contributed by atoms with Gasteiger partial charge in [-0.15, -0.1) is 0 Å². The molecule has 0 spiro atoms. The molecule has 33 heavy (non-hydrogen) atoms. The normalized spacial score (nSPS) is 14.8. The highest BCUT2D eigenvalue weighted by Crippen LogP contribution is 2.12. The Bertz CT molecular complexity index is 825. The molecule has 1 aromatic rings. The van der Waals surface area contributed by atoms with Crippen LogP contribution in [0.5, 0.6) is 5.75 Å². The van der Waals surface area contributed by atoms with Gasteiger partial charge in [-0.2, -0.15) is 0 Å². The molecule has 0 aliphatic heterocycles. The van der Waals surface area contributed by atoms with Crippen LogP contribution < -0.4 is 21.7 Å². The largest absolute Gasteiger partial charge is 0.508 e. The molecule has 0 saturated heterocycles. The van der Waals surface area contributed by atoms with Gasteiger partial charge in [0.15, 0.2) is 0 Å². The molecular formula is C23H36N4O6. The Kier molecular flexibility index (Phi) is 10.8. The third kappa shape index (κ3) is 9.48. The molecule has 0 heterocycles. The van der Waals surface area contributed by atoms with Crippen molar-refractivity contribution in [2.24, 2.45) is 17.6 Å². The number of aromatic hydroxyl groups is 1. The molecule has 1 rings (SSSR count). The van der Waals surface area contributed by atoms with Crippen LogP contribution in [-0.2, 0) is 25.6 Å². The summed E-state index contributed by atoms with van der Waals surface area (Å²) in [5, 5.41) is 26.5. The van der Waals surface area contributed by atoms with Crippen LogP contribution in [-0.4, -0.2) is 58.1 Å². The first-order valence-corrected chi connectivity index (χ1v) is 11.0. The van der Waals surface area contributed by atoms with Crippen LogP contribution in [0.25, 0.3) is 0 Å². The van der Waals surface area contributed by atoms with E-state index in [9.17, 15) is 29.4 Å². The average Bonchev–Trinajstić information content (AvgIpc) is 2.71. The Morgan fingerprint density at radius 3 is 1.94 bits per heavy atom. The van der Waals surface area contributed by atoms with Crippen molar-refractivity contribution in [1.29, 1.82) is 0 Å². The Morgan fingerprint density at radius 2 is 1.45 bits per heavy atom. The number of carboxylic acids is 1. The Hall–Kier alpha value is -3.14. The first kappa shape index (κ1) is 27.9. The summed E-state index contributed by atoms with van der Waals surface area (Å²) in [4.78, 5) is 49.3. The maximum Gasteiger partial charge on any atom is 0.326 e. The highest BCUT2D eigenvalue weighted by Gasteiger charge is 2.30. The summed E-state index contributed by atoms with van der Waals surface area (Å²) in [6.45, 7) is 8.77. The third-order valence-corrected chi connectivity index (χ3v) is 5.05. The molecule has 10 heteroatoms. The van der Waals surface area contributed by atoms with E-state index < -0.39 is 47.9 Å². The van der Waals surface area contributed by atoms with E-state index in [2.05, 4.69) is 16.0 Å². The number of phenolic OH excluding ortho intramolecular Hbond substituents is 1. The average molecular weight is 465 g/mol. The standard InChI is InChI=1S/C23H36N4O6/c1-12(2)10-17(24)21(30)25-14(5)20(29)27-19(13(3)4)22(31)26-18(23(32)33)11-15-6-8-16(28)9-7-15/h6-9,12-14,17-19,28H,10-11,24H2,1-5H3,(H,25,30)(H,26,31)(H,27,29)(H,32,33). The lowest BCUT2D eigenvalue weighted by Crippen LogP contribution is -2.58. The number of nitrogens with one attached hydrogen (secondary N) is 3. The zero-order chi connectivity index (χ0) is 25.3. The van der Waals surface area contributed by atoms with Gasteiger partial charge >= 0.3 is 5.97 Å². The predicted octanol–water partition coefficient (Wildman–Crippen LogP) is 0.523. The first-order valence-electron chi connectivity index (χ1n) is 11.0. The van der Waals surface area contributed by atoms with Crippen LogP contribution >= 0.6 is 0 Å². The highest BCUT2D eigenvalue weighted by molar-refractivity contribution is 5.94. The lowest BCUT2D eigenvalue weighted by atomic mass is 10.0. The maximum absolute atomic E-state index is 12.8. The van der Waals surface area contributed by atoms with Crippen LogP contribution in [0.1, 0.15) is 46.6 Å². The van der Waals surface area contributed by atoms with Crippen LogP contribution in [0.3, 0.4) is 0 Å². The molecule has 7 N–H and O–H groups in total.